The molecule has 1 atom stereocenters. The molecule has 0 saturated heterocycles. The van der Waals surface area contributed by atoms with Gasteiger partial charge in [0.1, 0.15) is 11.6 Å². The van der Waals surface area contributed by atoms with Gasteiger partial charge in [-0.3, -0.25) is 4.21 Å². The van der Waals surface area contributed by atoms with E-state index in [2.05, 4.69) is 44.2 Å². The molecule has 0 spiro atoms. The monoisotopic (exact) mass is 407 g/mol. The Balaban J connectivity index is 1.48. The van der Waals surface area contributed by atoms with Crippen LogP contribution in [0, 0.1) is 6.92 Å². The summed E-state index contributed by atoms with van der Waals surface area (Å²) in [4.78, 5) is 15.5. The second-order valence-corrected chi connectivity index (χ2v) is 9.72. The molecule has 1 aromatic carbocycles. The highest BCUT2D eigenvalue weighted by atomic mass is 32.2. The summed E-state index contributed by atoms with van der Waals surface area (Å²) in [6, 6.07) is 10.3. The Hall–Kier alpha value is -2.67. The van der Waals surface area contributed by atoms with Crippen molar-refractivity contribution in [3.63, 3.8) is 0 Å². The molecule has 4 N–H and O–H groups in total. The van der Waals surface area contributed by atoms with Crippen molar-refractivity contribution in [3.8, 4) is 11.3 Å². The molecule has 1 saturated carbocycles. The van der Waals surface area contributed by atoms with Crippen LogP contribution in [0.3, 0.4) is 0 Å². The van der Waals surface area contributed by atoms with E-state index in [1.807, 2.05) is 13.0 Å². The molecule has 0 radical (unpaired) electrons. The second-order valence-electron chi connectivity index (χ2n) is 8.01. The van der Waals surface area contributed by atoms with Gasteiger partial charge in [0.05, 0.1) is 5.52 Å². The van der Waals surface area contributed by atoms with Gasteiger partial charge in [-0.05, 0) is 49.6 Å². The number of nitrogens with two attached hydrogens (primary N) is 1. The Kier molecular flexibility index (Phi) is 4.62. The third-order valence-electron chi connectivity index (χ3n) is 5.81. The Morgan fingerprint density at radius 1 is 1.10 bits per heavy atom. The van der Waals surface area contributed by atoms with Gasteiger partial charge in [-0.15, -0.1) is 0 Å². The lowest BCUT2D eigenvalue weighted by Gasteiger charge is -2.20. The number of benzene rings is 1. The van der Waals surface area contributed by atoms with Gasteiger partial charge in [0.25, 0.3) is 0 Å². The zero-order valence-corrected chi connectivity index (χ0v) is 17.3. The van der Waals surface area contributed by atoms with Crippen molar-refractivity contribution in [2.45, 2.75) is 50.0 Å². The summed E-state index contributed by atoms with van der Waals surface area (Å²) < 4.78 is 12.8. The Labute approximate surface area is 171 Å². The maximum atomic E-state index is 12.8. The first-order valence-corrected chi connectivity index (χ1v) is 11.6. The molecule has 0 aliphatic heterocycles. The fourth-order valence-electron chi connectivity index (χ4n) is 4.36. The van der Waals surface area contributed by atoms with Crippen LogP contribution < -0.4 is 5.73 Å². The number of nitrogens with one attached hydrogen (secondary N) is 2. The van der Waals surface area contributed by atoms with Crippen molar-refractivity contribution in [2.75, 3.05) is 5.73 Å². The smallest absolute Gasteiger partial charge is 0.180 e. The standard InChI is InChI=1S/C22H25N5OS/c1-13-24-21-17(11-20(23)27-22(21)25-13)19-10-15-9-14(7-8-18(15)26-19)12-29(28)16-5-3-2-4-6-16/h7-11,16,26H,2-6,12H2,1H3,(H3,23,24,25,27). The first kappa shape index (κ1) is 18.4. The fourth-order valence-corrected chi connectivity index (χ4v) is 5.97. The van der Waals surface area contributed by atoms with Crippen LogP contribution in [0.4, 0.5) is 5.82 Å². The molecule has 3 aromatic heterocycles. The summed E-state index contributed by atoms with van der Waals surface area (Å²) in [6.07, 6.45) is 5.92. The summed E-state index contributed by atoms with van der Waals surface area (Å²) in [6.45, 7) is 1.91. The molecular formula is C22H25N5OS. The lowest BCUT2D eigenvalue weighted by atomic mass is 10.0. The molecule has 5 rings (SSSR count). The maximum absolute atomic E-state index is 12.8. The summed E-state index contributed by atoms with van der Waals surface area (Å²) >= 11 is 0. The summed E-state index contributed by atoms with van der Waals surface area (Å²) in [5.74, 6) is 1.89. The van der Waals surface area contributed by atoms with Crippen LogP contribution >= 0.6 is 0 Å². The van der Waals surface area contributed by atoms with E-state index < -0.39 is 10.8 Å². The minimum atomic E-state index is -0.797. The van der Waals surface area contributed by atoms with Crippen LogP contribution in [0.15, 0.2) is 30.3 Å². The number of nitrogens with zero attached hydrogens (tertiary/aromatic N) is 2. The van der Waals surface area contributed by atoms with Crippen LogP contribution in [-0.4, -0.2) is 29.4 Å². The van der Waals surface area contributed by atoms with Crippen molar-refractivity contribution < 1.29 is 4.21 Å². The minimum Gasteiger partial charge on any atom is -0.384 e. The van der Waals surface area contributed by atoms with Crippen molar-refractivity contribution in [1.29, 1.82) is 0 Å². The van der Waals surface area contributed by atoms with Crippen molar-refractivity contribution >= 4 is 38.7 Å². The average Bonchev–Trinajstić information content (AvgIpc) is 3.30. The molecule has 1 aliphatic carbocycles. The number of aromatic nitrogens is 4. The number of imidazole rings is 1. The van der Waals surface area contributed by atoms with Gasteiger partial charge in [0, 0.05) is 44.0 Å². The Morgan fingerprint density at radius 2 is 1.93 bits per heavy atom. The number of aromatic amines is 2. The van der Waals surface area contributed by atoms with Gasteiger partial charge in [0.2, 0.25) is 0 Å². The van der Waals surface area contributed by atoms with E-state index in [0.29, 0.717) is 22.5 Å². The molecular weight excluding hydrogens is 382 g/mol. The topological polar surface area (TPSA) is 100 Å². The number of pyridine rings is 1. The largest absolute Gasteiger partial charge is 0.384 e. The van der Waals surface area contributed by atoms with E-state index in [4.69, 9.17) is 5.73 Å². The van der Waals surface area contributed by atoms with E-state index in [1.54, 1.807) is 0 Å². The highest BCUT2D eigenvalue weighted by Crippen LogP contribution is 2.31. The number of hydrogen-bond donors (Lipinski definition) is 3. The third kappa shape index (κ3) is 3.55. The van der Waals surface area contributed by atoms with E-state index in [1.165, 1.54) is 19.3 Å². The van der Waals surface area contributed by atoms with Gasteiger partial charge in [-0.25, -0.2) is 9.97 Å². The van der Waals surface area contributed by atoms with Gasteiger partial charge >= 0.3 is 0 Å². The molecule has 0 amide bonds. The van der Waals surface area contributed by atoms with Crippen LogP contribution in [0.25, 0.3) is 33.3 Å². The predicted octanol–water partition coefficient (Wildman–Crippen LogP) is 4.58. The minimum absolute atomic E-state index is 0.359. The van der Waals surface area contributed by atoms with Gasteiger partial charge in [0.15, 0.2) is 5.65 Å². The van der Waals surface area contributed by atoms with Crippen molar-refractivity contribution in [1.82, 2.24) is 19.9 Å². The number of H-pyrrole nitrogens is 2. The summed E-state index contributed by atoms with van der Waals surface area (Å²) in [7, 11) is -0.797. The van der Waals surface area contributed by atoms with Gasteiger partial charge in [-0.1, -0.05) is 25.3 Å². The molecule has 0 bridgehead atoms. The van der Waals surface area contributed by atoms with Crippen LogP contribution in [0.1, 0.15) is 43.5 Å². The average molecular weight is 408 g/mol. The van der Waals surface area contributed by atoms with Crippen molar-refractivity contribution in [2.24, 2.45) is 0 Å². The molecule has 150 valence electrons. The lowest BCUT2D eigenvalue weighted by Crippen LogP contribution is -2.19. The van der Waals surface area contributed by atoms with E-state index >= 15 is 0 Å². The van der Waals surface area contributed by atoms with E-state index in [9.17, 15) is 4.21 Å². The number of nitrogen functional groups attached to an aromatic ring is 1. The SMILES string of the molecule is Cc1nc2nc(N)cc(-c3cc4cc(CS(=O)C5CCCCC5)ccc4[nH]3)c2[nH]1. The molecule has 1 fully saturated rings. The second kappa shape index (κ2) is 7.30. The molecule has 1 aliphatic rings. The van der Waals surface area contributed by atoms with Crippen LogP contribution in [-0.2, 0) is 16.6 Å². The van der Waals surface area contributed by atoms with Crippen molar-refractivity contribution in [3.05, 3.63) is 41.7 Å². The number of rotatable bonds is 4. The number of anilines is 1. The molecule has 7 heteroatoms. The summed E-state index contributed by atoms with van der Waals surface area (Å²) in [5, 5.41) is 1.47. The fraction of sp³-hybridized carbons (Fsp3) is 0.364. The zero-order valence-electron chi connectivity index (χ0n) is 16.5. The highest BCUT2D eigenvalue weighted by Gasteiger charge is 2.20. The maximum Gasteiger partial charge on any atom is 0.180 e. The molecule has 6 nitrogen and oxygen atoms in total. The molecule has 1 unspecified atom stereocenters. The van der Waals surface area contributed by atoms with Gasteiger partial charge < -0.3 is 15.7 Å². The first-order valence-electron chi connectivity index (χ1n) is 10.2. The zero-order chi connectivity index (χ0) is 20.0. The molecule has 4 aromatic rings. The number of aryl methyl sites for hydroxylation is 1. The Bertz CT molecular complexity index is 1220. The lowest BCUT2D eigenvalue weighted by molar-refractivity contribution is 0.504. The first-order chi connectivity index (χ1) is 14.1. The predicted molar refractivity (Wildman–Crippen MR) is 119 cm³/mol. The van der Waals surface area contributed by atoms with Crippen LogP contribution in [0.5, 0.6) is 0 Å². The Morgan fingerprint density at radius 3 is 2.76 bits per heavy atom. The normalized spacial score (nSPS) is 16.6. The highest BCUT2D eigenvalue weighted by molar-refractivity contribution is 7.84. The molecule has 29 heavy (non-hydrogen) atoms. The molecule has 3 heterocycles. The number of fused-ring (bicyclic) bond motifs is 2. The quantitative estimate of drug-likeness (QED) is 0.461. The summed E-state index contributed by atoms with van der Waals surface area (Å²) in [5.41, 5.74) is 11.6. The van der Waals surface area contributed by atoms with Gasteiger partial charge in [-0.2, -0.15) is 0 Å². The van der Waals surface area contributed by atoms with E-state index in [-0.39, 0.29) is 0 Å². The number of hydrogen-bond acceptors (Lipinski definition) is 4. The van der Waals surface area contributed by atoms with E-state index in [0.717, 1.165) is 51.9 Å². The third-order valence-corrected chi connectivity index (χ3v) is 7.64. The van der Waals surface area contributed by atoms with Crippen LogP contribution in [0.2, 0.25) is 0 Å².